The van der Waals surface area contributed by atoms with Crippen molar-refractivity contribution < 1.29 is 22.7 Å². The van der Waals surface area contributed by atoms with E-state index in [1.165, 1.54) is 0 Å². The van der Waals surface area contributed by atoms with Gasteiger partial charge in [-0.05, 0) is 46.2 Å². The quantitative estimate of drug-likeness (QED) is 0.836. The van der Waals surface area contributed by atoms with Crippen LogP contribution in [0, 0.1) is 5.92 Å². The van der Waals surface area contributed by atoms with Gasteiger partial charge < -0.3 is 15.4 Å². The molecule has 0 saturated carbocycles. The summed E-state index contributed by atoms with van der Waals surface area (Å²) in [6, 6.07) is -0.940. The normalized spacial score (nSPS) is 22.1. The molecule has 0 aromatic carbocycles. The number of hydrogen-bond donors (Lipinski definition) is 2. The number of nitrogens with one attached hydrogen (secondary N) is 2. The summed E-state index contributed by atoms with van der Waals surface area (Å²) in [6.07, 6.45) is -5.51. The number of carbonyl (C=O) groups is 1. The lowest BCUT2D eigenvalue weighted by molar-refractivity contribution is -0.142. The van der Waals surface area contributed by atoms with Crippen molar-refractivity contribution in [3.8, 4) is 0 Å². The van der Waals surface area contributed by atoms with E-state index in [1.54, 1.807) is 20.8 Å². The Morgan fingerprint density at radius 2 is 2.05 bits per heavy atom. The van der Waals surface area contributed by atoms with E-state index in [9.17, 15) is 18.0 Å². The molecule has 1 saturated heterocycles. The summed E-state index contributed by atoms with van der Waals surface area (Å²) in [5.74, 6) is -0.214. The molecule has 0 unspecified atom stereocenters. The van der Waals surface area contributed by atoms with Crippen molar-refractivity contribution in [1.29, 1.82) is 0 Å². The van der Waals surface area contributed by atoms with Gasteiger partial charge in [-0.3, -0.25) is 0 Å². The van der Waals surface area contributed by atoms with E-state index in [0.29, 0.717) is 19.5 Å². The summed E-state index contributed by atoms with van der Waals surface area (Å²) in [4.78, 5) is 11.6. The van der Waals surface area contributed by atoms with Crippen molar-refractivity contribution in [3.05, 3.63) is 0 Å². The number of ether oxygens (including phenoxy) is 1. The van der Waals surface area contributed by atoms with E-state index >= 15 is 0 Å². The predicted octanol–water partition coefficient (Wildman–Crippen LogP) is 2.44. The summed E-state index contributed by atoms with van der Waals surface area (Å²) in [5.41, 5.74) is -0.721. The number of alkyl carbamates (subject to hydrolysis) is 1. The molecule has 0 bridgehead atoms. The van der Waals surface area contributed by atoms with Crippen LogP contribution in [0.1, 0.15) is 33.6 Å². The molecule has 7 heteroatoms. The van der Waals surface area contributed by atoms with Crippen molar-refractivity contribution in [3.63, 3.8) is 0 Å². The summed E-state index contributed by atoms with van der Waals surface area (Å²) >= 11 is 0. The zero-order valence-corrected chi connectivity index (χ0v) is 11.4. The summed E-state index contributed by atoms with van der Waals surface area (Å²) in [5, 5.41) is 5.35. The van der Waals surface area contributed by atoms with Gasteiger partial charge in [0, 0.05) is 6.04 Å². The molecule has 1 fully saturated rings. The number of halogens is 3. The molecule has 2 N–H and O–H groups in total. The number of rotatable bonds is 3. The van der Waals surface area contributed by atoms with Crippen LogP contribution < -0.4 is 10.6 Å². The Morgan fingerprint density at radius 1 is 1.42 bits per heavy atom. The first-order chi connectivity index (χ1) is 8.57. The highest BCUT2D eigenvalue weighted by Crippen LogP contribution is 2.27. The second kappa shape index (κ2) is 5.98. The maximum Gasteiger partial charge on any atom is 0.407 e. The maximum atomic E-state index is 12.5. The first-order valence-corrected chi connectivity index (χ1v) is 6.34. The Labute approximate surface area is 111 Å². The molecule has 1 rings (SSSR count). The van der Waals surface area contributed by atoms with Gasteiger partial charge in [0.2, 0.25) is 0 Å². The Hall–Kier alpha value is -0.980. The molecule has 1 aliphatic heterocycles. The number of hydrogen-bond acceptors (Lipinski definition) is 3. The predicted molar refractivity (Wildman–Crippen MR) is 64.8 cm³/mol. The first-order valence-electron chi connectivity index (χ1n) is 6.34. The van der Waals surface area contributed by atoms with E-state index in [2.05, 4.69) is 10.6 Å². The van der Waals surface area contributed by atoms with Crippen LogP contribution >= 0.6 is 0 Å². The SMILES string of the molecule is CC(C)(C)OC(=O)N[C@@H](CC(F)(F)F)[C@H]1CCNC1. The molecule has 1 amide bonds. The second-order valence-electron chi connectivity index (χ2n) is 5.82. The highest BCUT2D eigenvalue weighted by Gasteiger charge is 2.38. The van der Waals surface area contributed by atoms with Crippen LogP contribution in [0.4, 0.5) is 18.0 Å². The van der Waals surface area contributed by atoms with E-state index < -0.39 is 30.3 Å². The minimum Gasteiger partial charge on any atom is -0.444 e. The highest BCUT2D eigenvalue weighted by molar-refractivity contribution is 5.68. The lowest BCUT2D eigenvalue weighted by Gasteiger charge is -2.27. The van der Waals surface area contributed by atoms with Gasteiger partial charge in [0.05, 0.1) is 6.42 Å². The Bertz CT molecular complexity index is 307. The second-order valence-corrected chi connectivity index (χ2v) is 5.82. The van der Waals surface area contributed by atoms with E-state index in [4.69, 9.17) is 4.74 Å². The van der Waals surface area contributed by atoms with Gasteiger partial charge in [0.15, 0.2) is 0 Å². The lowest BCUT2D eigenvalue weighted by Crippen LogP contribution is -2.45. The molecule has 4 nitrogen and oxygen atoms in total. The molecule has 0 spiro atoms. The van der Waals surface area contributed by atoms with Crippen molar-refractivity contribution in [2.75, 3.05) is 13.1 Å². The van der Waals surface area contributed by atoms with Crippen LogP contribution in [-0.2, 0) is 4.74 Å². The van der Waals surface area contributed by atoms with Crippen LogP contribution in [0.15, 0.2) is 0 Å². The smallest absolute Gasteiger partial charge is 0.407 e. The third kappa shape index (κ3) is 6.66. The summed E-state index contributed by atoms with van der Waals surface area (Å²) < 4.78 is 42.6. The zero-order chi connectivity index (χ0) is 14.7. The molecular formula is C12H21F3N2O2. The topological polar surface area (TPSA) is 50.4 Å². The average Bonchev–Trinajstić information content (AvgIpc) is 2.62. The first kappa shape index (κ1) is 16.1. The molecule has 1 heterocycles. The van der Waals surface area contributed by atoms with Crippen LogP contribution in [0.2, 0.25) is 0 Å². The number of amides is 1. The van der Waals surface area contributed by atoms with E-state index in [-0.39, 0.29) is 5.92 Å². The highest BCUT2D eigenvalue weighted by atomic mass is 19.4. The van der Waals surface area contributed by atoms with Gasteiger partial charge in [0.25, 0.3) is 0 Å². The minimum absolute atomic E-state index is 0.214. The van der Waals surface area contributed by atoms with Crippen LogP contribution in [0.25, 0.3) is 0 Å². The van der Waals surface area contributed by atoms with Gasteiger partial charge in [0.1, 0.15) is 5.60 Å². The summed E-state index contributed by atoms with van der Waals surface area (Å²) in [7, 11) is 0. The van der Waals surface area contributed by atoms with Gasteiger partial charge >= 0.3 is 12.3 Å². The van der Waals surface area contributed by atoms with Crippen LogP contribution in [0.3, 0.4) is 0 Å². The van der Waals surface area contributed by atoms with E-state index in [1.807, 2.05) is 0 Å². The largest absolute Gasteiger partial charge is 0.444 e. The molecular weight excluding hydrogens is 261 g/mol. The molecule has 0 aromatic heterocycles. The zero-order valence-electron chi connectivity index (χ0n) is 11.4. The Morgan fingerprint density at radius 3 is 2.47 bits per heavy atom. The molecule has 112 valence electrons. The fourth-order valence-electron chi connectivity index (χ4n) is 2.06. The fourth-order valence-corrected chi connectivity index (χ4v) is 2.06. The molecule has 0 aliphatic carbocycles. The Kier molecular flexibility index (Phi) is 5.06. The van der Waals surface area contributed by atoms with Crippen LogP contribution in [0.5, 0.6) is 0 Å². The van der Waals surface area contributed by atoms with Gasteiger partial charge in [-0.25, -0.2) is 4.79 Å². The molecule has 2 atom stereocenters. The summed E-state index contributed by atoms with van der Waals surface area (Å²) in [6.45, 7) is 6.17. The van der Waals surface area contributed by atoms with Crippen molar-refractivity contribution >= 4 is 6.09 Å². The van der Waals surface area contributed by atoms with Crippen molar-refractivity contribution in [2.24, 2.45) is 5.92 Å². The van der Waals surface area contributed by atoms with Gasteiger partial charge in [-0.1, -0.05) is 0 Å². The minimum atomic E-state index is -4.30. The van der Waals surface area contributed by atoms with Crippen LogP contribution in [-0.4, -0.2) is 37.0 Å². The Balaban J connectivity index is 2.60. The molecule has 1 aliphatic rings. The number of alkyl halides is 3. The maximum absolute atomic E-state index is 12.5. The molecule has 19 heavy (non-hydrogen) atoms. The van der Waals surface area contributed by atoms with Gasteiger partial charge in [-0.15, -0.1) is 0 Å². The third-order valence-corrected chi connectivity index (χ3v) is 2.82. The lowest BCUT2D eigenvalue weighted by atomic mass is 9.96. The fraction of sp³-hybridized carbons (Fsp3) is 0.917. The van der Waals surface area contributed by atoms with Gasteiger partial charge in [-0.2, -0.15) is 13.2 Å². The standard InChI is InChI=1S/C12H21F3N2O2/c1-11(2,3)19-10(18)17-9(6-12(13,14)15)8-4-5-16-7-8/h8-9,16H,4-7H2,1-3H3,(H,17,18)/t8-,9-/m0/s1. The molecule has 0 radical (unpaired) electrons. The third-order valence-electron chi connectivity index (χ3n) is 2.82. The van der Waals surface area contributed by atoms with Crippen molar-refractivity contribution in [2.45, 2.75) is 51.4 Å². The monoisotopic (exact) mass is 282 g/mol. The average molecular weight is 282 g/mol. The van der Waals surface area contributed by atoms with E-state index in [0.717, 1.165) is 0 Å². The molecule has 0 aromatic rings. The number of carbonyl (C=O) groups excluding carboxylic acids is 1. The van der Waals surface area contributed by atoms with Crippen molar-refractivity contribution in [1.82, 2.24) is 10.6 Å².